The lowest BCUT2D eigenvalue weighted by Crippen LogP contribution is -2.06. The first-order chi connectivity index (χ1) is 10.2. The molecule has 0 aromatic heterocycles. The fourth-order valence-electron chi connectivity index (χ4n) is 2.55. The first-order valence-corrected chi connectivity index (χ1v) is 7.22. The molecule has 0 unspecified atom stereocenters. The Labute approximate surface area is 126 Å². The number of carbonyl (C=O) groups is 1. The molecule has 2 heteroatoms. The number of hydrogen-bond acceptors (Lipinski definition) is 2. The van der Waals surface area contributed by atoms with Crippen LogP contribution in [0.25, 0.3) is 0 Å². The molecule has 0 bridgehead atoms. The van der Waals surface area contributed by atoms with Gasteiger partial charge in [0.25, 0.3) is 0 Å². The van der Waals surface area contributed by atoms with Gasteiger partial charge in [0.05, 0.1) is 11.6 Å². The zero-order chi connectivity index (χ0) is 15.1. The Bertz CT molecular complexity index is 623. The molecule has 2 nitrogen and oxygen atoms in total. The van der Waals surface area contributed by atoms with Crippen LogP contribution in [-0.2, 0) is 11.2 Å². The Morgan fingerprint density at radius 1 is 1.10 bits per heavy atom. The average molecular weight is 277 g/mol. The summed E-state index contributed by atoms with van der Waals surface area (Å²) in [5.74, 6) is 0.424. The number of nitrogens with zero attached hydrogens (tertiary/aromatic N) is 1. The number of rotatable bonds is 6. The van der Waals surface area contributed by atoms with Crippen molar-refractivity contribution in [1.29, 1.82) is 5.26 Å². The zero-order valence-electron chi connectivity index (χ0n) is 12.3. The summed E-state index contributed by atoms with van der Waals surface area (Å²) >= 11 is 0. The van der Waals surface area contributed by atoms with Gasteiger partial charge in [-0.15, -0.1) is 0 Å². The van der Waals surface area contributed by atoms with Crippen molar-refractivity contribution in [3.63, 3.8) is 0 Å². The number of nitriles is 1. The van der Waals surface area contributed by atoms with Crippen molar-refractivity contribution in [3.8, 4) is 6.07 Å². The molecule has 21 heavy (non-hydrogen) atoms. The maximum atomic E-state index is 11.5. The molecule has 0 fully saturated rings. The van der Waals surface area contributed by atoms with Crippen LogP contribution in [0.4, 0.5) is 0 Å². The van der Waals surface area contributed by atoms with Crippen molar-refractivity contribution < 1.29 is 4.79 Å². The molecule has 0 aliphatic carbocycles. The first-order valence-electron chi connectivity index (χ1n) is 7.22. The van der Waals surface area contributed by atoms with E-state index in [1.54, 1.807) is 6.92 Å². The van der Waals surface area contributed by atoms with E-state index < -0.39 is 0 Å². The van der Waals surface area contributed by atoms with E-state index >= 15 is 0 Å². The Morgan fingerprint density at radius 2 is 1.76 bits per heavy atom. The van der Waals surface area contributed by atoms with E-state index in [0.29, 0.717) is 12.0 Å². The molecule has 0 aliphatic rings. The van der Waals surface area contributed by atoms with E-state index in [9.17, 15) is 4.79 Å². The molecular formula is C19H19NO. The van der Waals surface area contributed by atoms with Gasteiger partial charge in [-0.2, -0.15) is 5.26 Å². The number of hydrogen-bond donors (Lipinski definition) is 0. The largest absolute Gasteiger partial charge is 0.300 e. The Balaban J connectivity index is 2.10. The summed E-state index contributed by atoms with van der Waals surface area (Å²) in [6.07, 6.45) is 2.45. The van der Waals surface area contributed by atoms with Crippen LogP contribution in [0.3, 0.4) is 0 Å². The van der Waals surface area contributed by atoms with Crippen LogP contribution in [0.5, 0.6) is 0 Å². The lowest BCUT2D eigenvalue weighted by Gasteiger charge is -2.16. The average Bonchev–Trinajstić information content (AvgIpc) is 2.52. The van der Waals surface area contributed by atoms with Gasteiger partial charge in [0.2, 0.25) is 0 Å². The summed E-state index contributed by atoms with van der Waals surface area (Å²) in [4.78, 5) is 11.5. The van der Waals surface area contributed by atoms with Crippen molar-refractivity contribution in [1.82, 2.24) is 0 Å². The molecule has 0 amide bonds. The van der Waals surface area contributed by atoms with Gasteiger partial charge in [-0.25, -0.2) is 0 Å². The van der Waals surface area contributed by atoms with Gasteiger partial charge >= 0.3 is 0 Å². The van der Waals surface area contributed by atoms with Crippen LogP contribution < -0.4 is 0 Å². The van der Waals surface area contributed by atoms with Gasteiger partial charge in [-0.05, 0) is 48.9 Å². The third-order valence-corrected chi connectivity index (χ3v) is 3.67. The number of aryl methyl sites for hydroxylation is 1. The van der Waals surface area contributed by atoms with E-state index in [1.807, 2.05) is 42.5 Å². The molecule has 2 aromatic rings. The van der Waals surface area contributed by atoms with Crippen LogP contribution in [0.1, 0.15) is 42.4 Å². The second kappa shape index (κ2) is 7.40. The van der Waals surface area contributed by atoms with E-state index in [-0.39, 0.29) is 11.7 Å². The summed E-state index contributed by atoms with van der Waals surface area (Å²) in [6.45, 7) is 1.64. The number of benzene rings is 2. The van der Waals surface area contributed by atoms with Gasteiger partial charge in [-0.1, -0.05) is 42.5 Å². The first kappa shape index (κ1) is 15.0. The topological polar surface area (TPSA) is 40.9 Å². The number of ketones is 1. The van der Waals surface area contributed by atoms with E-state index in [0.717, 1.165) is 18.4 Å². The minimum Gasteiger partial charge on any atom is -0.300 e. The highest BCUT2D eigenvalue weighted by Gasteiger charge is 2.14. The number of carbonyl (C=O) groups excluding carboxylic acids is 1. The van der Waals surface area contributed by atoms with Crippen molar-refractivity contribution >= 4 is 5.78 Å². The summed E-state index contributed by atoms with van der Waals surface area (Å²) in [7, 11) is 0. The van der Waals surface area contributed by atoms with Crippen molar-refractivity contribution in [2.24, 2.45) is 0 Å². The highest BCUT2D eigenvalue weighted by atomic mass is 16.1. The van der Waals surface area contributed by atoms with Gasteiger partial charge in [0.1, 0.15) is 5.78 Å². The maximum absolute atomic E-state index is 11.5. The summed E-state index contributed by atoms with van der Waals surface area (Å²) in [5.41, 5.74) is 3.09. The molecule has 0 heterocycles. The maximum Gasteiger partial charge on any atom is 0.130 e. The van der Waals surface area contributed by atoms with E-state index in [1.165, 1.54) is 5.56 Å². The quantitative estimate of drug-likeness (QED) is 0.791. The monoisotopic (exact) mass is 277 g/mol. The van der Waals surface area contributed by atoms with Crippen molar-refractivity contribution in [2.75, 3.05) is 0 Å². The standard InChI is InChI=1S/C19H19NO/c1-15(21)13-19(12-7-16-5-3-2-4-6-16)18-10-8-17(14-20)9-11-18/h2-6,8-11,19H,7,12-13H2,1H3/t19-/m1/s1. The SMILES string of the molecule is CC(=O)C[C@@H](CCc1ccccc1)c1ccc(C#N)cc1. The van der Waals surface area contributed by atoms with Gasteiger partial charge in [-0.3, -0.25) is 0 Å². The third kappa shape index (κ3) is 4.57. The molecule has 2 aromatic carbocycles. The van der Waals surface area contributed by atoms with Gasteiger partial charge in [0, 0.05) is 6.42 Å². The zero-order valence-corrected chi connectivity index (χ0v) is 12.3. The minimum absolute atomic E-state index is 0.206. The second-order valence-corrected chi connectivity index (χ2v) is 5.36. The molecule has 1 atom stereocenters. The van der Waals surface area contributed by atoms with Crippen LogP contribution in [-0.4, -0.2) is 5.78 Å². The fourth-order valence-corrected chi connectivity index (χ4v) is 2.55. The molecule has 2 rings (SSSR count). The summed E-state index contributed by atoms with van der Waals surface area (Å²) in [6, 6.07) is 20.0. The molecule has 0 saturated heterocycles. The molecule has 0 spiro atoms. The minimum atomic E-state index is 0.206. The molecule has 0 aliphatic heterocycles. The second-order valence-electron chi connectivity index (χ2n) is 5.36. The van der Waals surface area contributed by atoms with Crippen LogP contribution in [0, 0.1) is 11.3 Å². The molecule has 0 N–H and O–H groups in total. The predicted octanol–water partition coefficient (Wildman–Crippen LogP) is 4.25. The van der Waals surface area contributed by atoms with E-state index in [4.69, 9.17) is 5.26 Å². The Kier molecular flexibility index (Phi) is 5.29. The van der Waals surface area contributed by atoms with Crippen LogP contribution in [0.2, 0.25) is 0 Å². The smallest absolute Gasteiger partial charge is 0.130 e. The van der Waals surface area contributed by atoms with Crippen LogP contribution >= 0.6 is 0 Å². The number of Topliss-reactive ketones (excluding diaryl/α,β-unsaturated/α-hetero) is 1. The highest BCUT2D eigenvalue weighted by molar-refractivity contribution is 5.76. The molecule has 0 saturated carbocycles. The third-order valence-electron chi connectivity index (χ3n) is 3.67. The van der Waals surface area contributed by atoms with Crippen LogP contribution in [0.15, 0.2) is 54.6 Å². The molecule has 106 valence electrons. The van der Waals surface area contributed by atoms with Crippen molar-refractivity contribution in [3.05, 3.63) is 71.3 Å². The molecular weight excluding hydrogens is 258 g/mol. The Hall–Kier alpha value is -2.40. The Morgan fingerprint density at radius 3 is 2.33 bits per heavy atom. The van der Waals surface area contributed by atoms with Crippen molar-refractivity contribution in [2.45, 2.75) is 32.1 Å². The summed E-state index contributed by atoms with van der Waals surface area (Å²) < 4.78 is 0. The summed E-state index contributed by atoms with van der Waals surface area (Å²) in [5, 5.41) is 8.86. The lowest BCUT2D eigenvalue weighted by molar-refractivity contribution is -0.117. The highest BCUT2D eigenvalue weighted by Crippen LogP contribution is 2.26. The molecule has 0 radical (unpaired) electrons. The van der Waals surface area contributed by atoms with E-state index in [2.05, 4.69) is 18.2 Å². The fraction of sp³-hybridized carbons (Fsp3) is 0.263. The lowest BCUT2D eigenvalue weighted by atomic mass is 9.88. The predicted molar refractivity (Wildman–Crippen MR) is 84.0 cm³/mol. The normalized spacial score (nSPS) is 11.6. The van der Waals surface area contributed by atoms with Gasteiger partial charge < -0.3 is 4.79 Å². The van der Waals surface area contributed by atoms with Gasteiger partial charge in [0.15, 0.2) is 0 Å².